The summed E-state index contributed by atoms with van der Waals surface area (Å²) in [7, 11) is 1.46. The number of hydrogen-bond acceptors (Lipinski definition) is 4. The summed E-state index contributed by atoms with van der Waals surface area (Å²) in [5, 5.41) is 11.7. The summed E-state index contributed by atoms with van der Waals surface area (Å²) in [6.45, 7) is 0.0720. The number of aliphatic hydroxyl groups is 1. The van der Waals surface area contributed by atoms with E-state index < -0.39 is 6.03 Å². The second-order valence-electron chi connectivity index (χ2n) is 2.32. The molecule has 7 heteroatoms. The zero-order valence-corrected chi connectivity index (χ0v) is 8.07. The van der Waals surface area contributed by atoms with Gasteiger partial charge in [-0.1, -0.05) is 0 Å². The van der Waals surface area contributed by atoms with Crippen LogP contribution in [0.4, 0.5) is 4.79 Å². The largest absolute Gasteiger partial charge is 0.395 e. The van der Waals surface area contributed by atoms with Gasteiger partial charge in [0, 0.05) is 19.5 Å². The lowest BCUT2D eigenvalue weighted by molar-refractivity contribution is 0.154. The molecule has 0 saturated heterocycles. The predicted molar refractivity (Wildman–Crippen MR) is 48.3 cm³/mol. The molecule has 76 valence electrons. The maximum atomic E-state index is 11.2. The van der Waals surface area contributed by atoms with E-state index in [0.717, 1.165) is 0 Å². The molecule has 0 saturated carbocycles. The molecule has 0 spiro atoms. The second-order valence-corrected chi connectivity index (χ2v) is 2.70. The number of hydrogen-bond donors (Lipinski definition) is 1. The highest BCUT2D eigenvalue weighted by atomic mass is 35.5. The average molecular weight is 210 g/mol. The van der Waals surface area contributed by atoms with Gasteiger partial charge in [-0.15, -0.1) is 16.5 Å². The fourth-order valence-corrected chi connectivity index (χ4v) is 0.854. The lowest BCUT2D eigenvalue weighted by Crippen LogP contribution is -2.40. The fraction of sp³-hybridized carbons (Fsp3) is 0.833. The summed E-state index contributed by atoms with van der Waals surface area (Å²) < 4.78 is 0. The molecule has 13 heavy (non-hydrogen) atoms. The summed E-state index contributed by atoms with van der Waals surface area (Å²) in [5.74, 6) is 0.143. The molecule has 0 aliphatic carbocycles. The van der Waals surface area contributed by atoms with Gasteiger partial charge in [-0.25, -0.2) is 4.79 Å². The number of nitroso groups, excluding NO2 is 1. The first-order valence-corrected chi connectivity index (χ1v) is 4.23. The van der Waals surface area contributed by atoms with Gasteiger partial charge in [0.25, 0.3) is 0 Å². The Morgan fingerprint density at radius 1 is 1.54 bits per heavy atom. The first-order valence-electron chi connectivity index (χ1n) is 3.70. The molecule has 0 fully saturated rings. The van der Waals surface area contributed by atoms with Crippen molar-refractivity contribution in [2.45, 2.75) is 0 Å². The Hall–Kier alpha value is -0.880. The zero-order valence-electron chi connectivity index (χ0n) is 7.31. The van der Waals surface area contributed by atoms with E-state index in [1.165, 1.54) is 11.9 Å². The maximum absolute atomic E-state index is 11.2. The highest BCUT2D eigenvalue weighted by Gasteiger charge is 2.17. The Morgan fingerprint density at radius 3 is 2.54 bits per heavy atom. The molecule has 0 aromatic carbocycles. The number of carbonyl (C=O) groups excluding carboxylic acids is 1. The van der Waals surface area contributed by atoms with Crippen LogP contribution in [0, 0.1) is 4.91 Å². The Balaban J connectivity index is 4.10. The molecule has 0 unspecified atom stereocenters. The molecule has 0 aliphatic rings. The number of aliphatic hydroxyl groups excluding tert-OH is 1. The molecule has 0 heterocycles. The van der Waals surface area contributed by atoms with Crippen LogP contribution in [-0.4, -0.2) is 53.7 Å². The monoisotopic (exact) mass is 209 g/mol. The first-order chi connectivity index (χ1) is 6.17. The minimum atomic E-state index is -0.565. The third kappa shape index (κ3) is 4.05. The summed E-state index contributed by atoms with van der Waals surface area (Å²) in [6, 6.07) is -0.565. The molecule has 0 aromatic heterocycles. The Labute approximate surface area is 81.0 Å². The minimum Gasteiger partial charge on any atom is -0.395 e. The van der Waals surface area contributed by atoms with Gasteiger partial charge in [-0.2, -0.15) is 5.01 Å². The van der Waals surface area contributed by atoms with Crippen molar-refractivity contribution in [3.05, 3.63) is 4.91 Å². The lowest BCUT2D eigenvalue weighted by atomic mass is 10.6. The molecule has 0 radical (unpaired) electrons. The van der Waals surface area contributed by atoms with E-state index in [-0.39, 0.29) is 25.6 Å². The number of halogens is 1. The highest BCUT2D eigenvalue weighted by molar-refractivity contribution is 6.18. The van der Waals surface area contributed by atoms with Gasteiger partial charge in [0.2, 0.25) is 0 Å². The number of carbonyl (C=O) groups is 1. The molecule has 0 aromatic rings. The number of likely N-dealkylation sites (N-methyl/N-ethyl adjacent to an activating group) is 1. The van der Waals surface area contributed by atoms with E-state index in [2.05, 4.69) is 5.29 Å². The predicted octanol–water partition coefficient (Wildman–Crippen LogP) is 0.253. The molecule has 6 nitrogen and oxygen atoms in total. The van der Waals surface area contributed by atoms with Crippen molar-refractivity contribution in [3.8, 4) is 0 Å². The number of urea groups is 1. The van der Waals surface area contributed by atoms with E-state index in [9.17, 15) is 9.70 Å². The van der Waals surface area contributed by atoms with Crippen molar-refractivity contribution in [1.82, 2.24) is 9.91 Å². The molecular weight excluding hydrogens is 198 g/mol. The molecule has 0 rings (SSSR count). The zero-order chi connectivity index (χ0) is 10.3. The lowest BCUT2D eigenvalue weighted by Gasteiger charge is -2.20. The summed E-state index contributed by atoms with van der Waals surface area (Å²) in [4.78, 5) is 22.6. The number of alkyl halides is 1. The topological polar surface area (TPSA) is 73.2 Å². The van der Waals surface area contributed by atoms with Gasteiger partial charge in [0.15, 0.2) is 0 Å². The highest BCUT2D eigenvalue weighted by Crippen LogP contribution is 1.97. The molecule has 0 bridgehead atoms. The third-order valence-electron chi connectivity index (χ3n) is 1.38. The molecule has 0 aliphatic heterocycles. The standard InChI is InChI=1S/C6H12ClN3O3/c1-9(4-5-11)6(12)10(8-13)3-2-7/h11H,2-5H2,1H3. The van der Waals surface area contributed by atoms with Gasteiger partial charge in [-0.3, -0.25) is 0 Å². The second kappa shape index (κ2) is 6.62. The van der Waals surface area contributed by atoms with E-state index in [4.69, 9.17) is 16.7 Å². The van der Waals surface area contributed by atoms with Gasteiger partial charge in [-0.05, 0) is 0 Å². The van der Waals surface area contributed by atoms with Crippen molar-refractivity contribution < 1.29 is 9.90 Å². The molecule has 0 atom stereocenters. The van der Waals surface area contributed by atoms with Gasteiger partial charge < -0.3 is 10.0 Å². The van der Waals surface area contributed by atoms with Crippen LogP contribution in [0.2, 0.25) is 0 Å². The van der Waals surface area contributed by atoms with Crippen LogP contribution in [0.25, 0.3) is 0 Å². The normalized spacial score (nSPS) is 9.46. The van der Waals surface area contributed by atoms with Crippen molar-refractivity contribution in [3.63, 3.8) is 0 Å². The fourth-order valence-electron chi connectivity index (χ4n) is 0.694. The number of amides is 2. The quantitative estimate of drug-likeness (QED) is 0.401. The Morgan fingerprint density at radius 2 is 2.15 bits per heavy atom. The summed E-state index contributed by atoms with van der Waals surface area (Å²) in [6.07, 6.45) is 0. The third-order valence-corrected chi connectivity index (χ3v) is 1.55. The van der Waals surface area contributed by atoms with Gasteiger partial charge >= 0.3 is 6.03 Å². The van der Waals surface area contributed by atoms with E-state index >= 15 is 0 Å². The van der Waals surface area contributed by atoms with E-state index in [0.29, 0.717) is 5.01 Å². The van der Waals surface area contributed by atoms with Crippen LogP contribution in [0.15, 0.2) is 5.29 Å². The van der Waals surface area contributed by atoms with Gasteiger partial charge in [0.1, 0.15) is 0 Å². The number of nitrogens with zero attached hydrogens (tertiary/aromatic N) is 3. The number of rotatable bonds is 5. The SMILES string of the molecule is CN(CCO)C(=O)N(CCCl)N=O. The van der Waals surface area contributed by atoms with Crippen molar-refractivity contribution in [1.29, 1.82) is 0 Å². The van der Waals surface area contributed by atoms with Crippen LogP contribution in [0.1, 0.15) is 0 Å². The van der Waals surface area contributed by atoms with Crippen molar-refractivity contribution in [2.75, 3.05) is 32.6 Å². The van der Waals surface area contributed by atoms with Crippen LogP contribution in [-0.2, 0) is 0 Å². The smallest absolute Gasteiger partial charge is 0.342 e. The molecule has 2 amide bonds. The van der Waals surface area contributed by atoms with Gasteiger partial charge in [0.05, 0.1) is 18.4 Å². The summed E-state index contributed by atoms with van der Waals surface area (Å²) in [5.41, 5.74) is 0. The Kier molecular flexibility index (Phi) is 6.17. The van der Waals surface area contributed by atoms with Crippen molar-refractivity contribution in [2.24, 2.45) is 5.29 Å². The average Bonchev–Trinajstić information content (AvgIpc) is 2.13. The molecular formula is C6H12ClN3O3. The van der Waals surface area contributed by atoms with Crippen LogP contribution >= 0.6 is 11.6 Å². The molecule has 1 N–H and O–H groups in total. The van der Waals surface area contributed by atoms with Crippen molar-refractivity contribution >= 4 is 17.6 Å². The van der Waals surface area contributed by atoms with Crippen LogP contribution in [0.3, 0.4) is 0 Å². The first kappa shape index (κ1) is 12.1. The summed E-state index contributed by atoms with van der Waals surface area (Å²) >= 11 is 5.34. The van der Waals surface area contributed by atoms with E-state index in [1.54, 1.807) is 0 Å². The minimum absolute atomic E-state index is 0.0691. The maximum Gasteiger partial charge on any atom is 0.342 e. The Bertz CT molecular complexity index is 179. The van der Waals surface area contributed by atoms with Crippen LogP contribution in [0.5, 0.6) is 0 Å². The van der Waals surface area contributed by atoms with Crippen LogP contribution < -0.4 is 0 Å². The van der Waals surface area contributed by atoms with E-state index in [1.807, 2.05) is 0 Å².